The maximum absolute atomic E-state index is 5.36. The zero-order valence-electron chi connectivity index (χ0n) is 12.2. The summed E-state index contributed by atoms with van der Waals surface area (Å²) in [5.41, 5.74) is 1.95. The molecule has 3 rings (SSSR count). The zero-order chi connectivity index (χ0) is 15.5. The van der Waals surface area contributed by atoms with E-state index in [9.17, 15) is 0 Å². The molecule has 1 N–H and O–H groups in total. The van der Waals surface area contributed by atoms with Crippen molar-refractivity contribution >= 4 is 32.7 Å². The Bertz CT molecular complexity index is 795. The molecule has 6 heteroatoms. The summed E-state index contributed by atoms with van der Waals surface area (Å²) < 4.78 is 6.23. The second-order valence-electron chi connectivity index (χ2n) is 4.88. The maximum Gasteiger partial charge on any atom is 0.137 e. The molecule has 0 fully saturated rings. The quantitative estimate of drug-likeness (QED) is 0.764. The summed E-state index contributed by atoms with van der Waals surface area (Å²) >= 11 is 3.48. The van der Waals surface area contributed by atoms with E-state index in [0.717, 1.165) is 32.5 Å². The lowest BCUT2D eigenvalue weighted by Gasteiger charge is -2.16. The number of aromatic nitrogens is 3. The minimum atomic E-state index is 0.0847. The number of anilines is 1. The van der Waals surface area contributed by atoms with Crippen LogP contribution in [0, 0.1) is 0 Å². The zero-order valence-corrected chi connectivity index (χ0v) is 13.8. The molecule has 22 heavy (non-hydrogen) atoms. The van der Waals surface area contributed by atoms with Crippen molar-refractivity contribution in [2.45, 2.75) is 13.0 Å². The highest BCUT2D eigenvalue weighted by Gasteiger charge is 2.12. The first kappa shape index (κ1) is 14.7. The third-order valence-corrected chi connectivity index (χ3v) is 4.07. The van der Waals surface area contributed by atoms with Crippen LogP contribution in [0.15, 0.2) is 47.5 Å². The van der Waals surface area contributed by atoms with Crippen molar-refractivity contribution in [3.8, 4) is 5.75 Å². The Labute approximate surface area is 136 Å². The van der Waals surface area contributed by atoms with Crippen LogP contribution in [0.2, 0.25) is 0 Å². The van der Waals surface area contributed by atoms with Crippen molar-refractivity contribution in [1.82, 2.24) is 15.0 Å². The first-order valence-corrected chi connectivity index (χ1v) is 7.63. The lowest BCUT2D eigenvalue weighted by Crippen LogP contribution is -2.09. The van der Waals surface area contributed by atoms with Crippen molar-refractivity contribution in [2.24, 2.45) is 0 Å². The highest BCUT2D eigenvalue weighted by atomic mass is 79.9. The van der Waals surface area contributed by atoms with Gasteiger partial charge in [-0.3, -0.25) is 4.98 Å². The molecule has 0 amide bonds. The molecule has 2 heterocycles. The van der Waals surface area contributed by atoms with Gasteiger partial charge in [0.25, 0.3) is 0 Å². The van der Waals surface area contributed by atoms with Crippen LogP contribution < -0.4 is 10.1 Å². The lowest BCUT2D eigenvalue weighted by molar-refractivity contribution is 0.413. The topological polar surface area (TPSA) is 59.9 Å². The number of halogens is 1. The van der Waals surface area contributed by atoms with Crippen LogP contribution in [0.1, 0.15) is 18.5 Å². The molecule has 0 bridgehead atoms. The van der Waals surface area contributed by atoms with E-state index in [0.29, 0.717) is 0 Å². The number of benzene rings is 1. The molecule has 2 aromatic heterocycles. The number of hydrogen-bond acceptors (Lipinski definition) is 5. The summed E-state index contributed by atoms with van der Waals surface area (Å²) in [7, 11) is 1.64. The standard InChI is InChI=1S/C16H15BrN4O/c1-10(11-4-3-5-18-8-11)21-16-12-6-15(22-2)13(17)7-14(12)19-9-20-16/h3-10H,1-2H3,(H,19,20,21)/t10-/m0/s1. The average Bonchev–Trinajstić information content (AvgIpc) is 2.55. The minimum absolute atomic E-state index is 0.0847. The lowest BCUT2D eigenvalue weighted by atomic mass is 10.1. The van der Waals surface area contributed by atoms with E-state index in [1.165, 1.54) is 0 Å². The van der Waals surface area contributed by atoms with Crippen LogP contribution >= 0.6 is 15.9 Å². The molecule has 0 unspecified atom stereocenters. The Kier molecular flexibility index (Phi) is 4.20. The Morgan fingerprint density at radius 3 is 2.86 bits per heavy atom. The van der Waals surface area contributed by atoms with Crippen molar-refractivity contribution in [3.05, 3.63) is 53.0 Å². The third-order valence-electron chi connectivity index (χ3n) is 3.45. The molecule has 5 nitrogen and oxygen atoms in total. The Balaban J connectivity index is 2.00. The van der Waals surface area contributed by atoms with Crippen molar-refractivity contribution in [3.63, 3.8) is 0 Å². The van der Waals surface area contributed by atoms with Crippen LogP contribution in [0.25, 0.3) is 10.9 Å². The minimum Gasteiger partial charge on any atom is -0.496 e. The normalized spacial score (nSPS) is 12.1. The predicted octanol–water partition coefficient (Wildman–Crippen LogP) is 3.97. The highest BCUT2D eigenvalue weighted by Crippen LogP contribution is 2.32. The average molecular weight is 359 g/mol. The predicted molar refractivity (Wildman–Crippen MR) is 90.1 cm³/mol. The van der Waals surface area contributed by atoms with Crippen LogP contribution in [-0.2, 0) is 0 Å². The molecule has 1 atom stereocenters. The van der Waals surface area contributed by atoms with Gasteiger partial charge in [0.1, 0.15) is 17.9 Å². The van der Waals surface area contributed by atoms with E-state index >= 15 is 0 Å². The molecule has 3 aromatic rings. The van der Waals surface area contributed by atoms with Gasteiger partial charge >= 0.3 is 0 Å². The number of nitrogens with one attached hydrogen (secondary N) is 1. The van der Waals surface area contributed by atoms with Crippen molar-refractivity contribution in [1.29, 1.82) is 0 Å². The second-order valence-corrected chi connectivity index (χ2v) is 5.73. The molecule has 0 spiro atoms. The van der Waals surface area contributed by atoms with Gasteiger partial charge in [-0.2, -0.15) is 0 Å². The molecular formula is C16H15BrN4O. The Morgan fingerprint density at radius 2 is 2.14 bits per heavy atom. The van der Waals surface area contributed by atoms with Crippen LogP contribution in [0.4, 0.5) is 5.82 Å². The molecule has 0 aliphatic rings. The SMILES string of the molecule is COc1cc2c(N[C@@H](C)c3cccnc3)ncnc2cc1Br. The number of rotatable bonds is 4. The van der Waals surface area contributed by atoms with Gasteiger partial charge in [0, 0.05) is 17.8 Å². The maximum atomic E-state index is 5.36. The molecule has 1 aromatic carbocycles. The van der Waals surface area contributed by atoms with Gasteiger partial charge < -0.3 is 10.1 Å². The van der Waals surface area contributed by atoms with Gasteiger partial charge in [-0.25, -0.2) is 9.97 Å². The van der Waals surface area contributed by atoms with Gasteiger partial charge in [-0.15, -0.1) is 0 Å². The molecular weight excluding hydrogens is 344 g/mol. The van der Waals surface area contributed by atoms with Gasteiger partial charge in [-0.1, -0.05) is 6.07 Å². The van der Waals surface area contributed by atoms with Crippen molar-refractivity contribution < 1.29 is 4.74 Å². The Morgan fingerprint density at radius 1 is 1.27 bits per heavy atom. The summed E-state index contributed by atoms with van der Waals surface area (Å²) in [4.78, 5) is 12.8. The highest BCUT2D eigenvalue weighted by molar-refractivity contribution is 9.10. The summed E-state index contributed by atoms with van der Waals surface area (Å²) in [5.74, 6) is 1.52. The van der Waals surface area contributed by atoms with E-state index in [1.807, 2.05) is 30.5 Å². The van der Waals surface area contributed by atoms with Crippen LogP contribution in [0.5, 0.6) is 5.75 Å². The largest absolute Gasteiger partial charge is 0.496 e. The fourth-order valence-electron chi connectivity index (χ4n) is 2.25. The van der Waals surface area contributed by atoms with Gasteiger partial charge in [0.05, 0.1) is 23.1 Å². The second kappa shape index (κ2) is 6.27. The number of methoxy groups -OCH3 is 1. The molecule has 0 aliphatic heterocycles. The summed E-state index contributed by atoms with van der Waals surface area (Å²) in [6, 6.07) is 7.89. The van der Waals surface area contributed by atoms with Gasteiger partial charge in [0.15, 0.2) is 0 Å². The fourth-order valence-corrected chi connectivity index (χ4v) is 2.74. The monoisotopic (exact) mass is 358 g/mol. The molecule has 0 radical (unpaired) electrons. The molecule has 0 saturated heterocycles. The van der Waals surface area contributed by atoms with E-state index in [-0.39, 0.29) is 6.04 Å². The van der Waals surface area contributed by atoms with E-state index in [2.05, 4.69) is 43.1 Å². The number of pyridine rings is 1. The first-order valence-electron chi connectivity index (χ1n) is 6.83. The summed E-state index contributed by atoms with van der Waals surface area (Å²) in [6.07, 6.45) is 5.16. The number of ether oxygens (including phenoxy) is 1. The van der Waals surface area contributed by atoms with Gasteiger partial charge in [-0.05, 0) is 46.6 Å². The first-order chi connectivity index (χ1) is 10.7. The fraction of sp³-hybridized carbons (Fsp3) is 0.188. The van der Waals surface area contributed by atoms with Crippen molar-refractivity contribution in [2.75, 3.05) is 12.4 Å². The molecule has 0 aliphatic carbocycles. The smallest absolute Gasteiger partial charge is 0.137 e. The van der Waals surface area contributed by atoms with E-state index in [4.69, 9.17) is 4.74 Å². The summed E-state index contributed by atoms with van der Waals surface area (Å²) in [6.45, 7) is 2.07. The molecule has 0 saturated carbocycles. The Hall–Kier alpha value is -2.21. The number of hydrogen-bond donors (Lipinski definition) is 1. The third kappa shape index (κ3) is 2.87. The van der Waals surface area contributed by atoms with Gasteiger partial charge in [0.2, 0.25) is 0 Å². The summed E-state index contributed by atoms with van der Waals surface area (Å²) in [5, 5.41) is 4.33. The molecule has 112 valence electrons. The number of nitrogens with zero attached hydrogens (tertiary/aromatic N) is 3. The van der Waals surface area contributed by atoms with Crippen LogP contribution in [0.3, 0.4) is 0 Å². The number of fused-ring (bicyclic) bond motifs is 1. The van der Waals surface area contributed by atoms with E-state index in [1.54, 1.807) is 19.6 Å². The van der Waals surface area contributed by atoms with E-state index < -0.39 is 0 Å². The van der Waals surface area contributed by atoms with Crippen LogP contribution in [-0.4, -0.2) is 22.1 Å².